The van der Waals surface area contributed by atoms with Crippen molar-refractivity contribution >= 4 is 27.6 Å². The molecule has 0 aliphatic carbocycles. The minimum Gasteiger partial charge on any atom is -0.481 e. The first-order valence-corrected chi connectivity index (χ1v) is 13.4. The van der Waals surface area contributed by atoms with Crippen molar-refractivity contribution in [1.82, 2.24) is 29.7 Å². The molecule has 4 aromatic rings. The van der Waals surface area contributed by atoms with Crippen molar-refractivity contribution in [3.05, 3.63) is 76.8 Å². The van der Waals surface area contributed by atoms with E-state index in [-0.39, 0.29) is 39.8 Å². The highest BCUT2D eigenvalue weighted by atomic mass is 35.5. The van der Waals surface area contributed by atoms with Crippen molar-refractivity contribution in [1.29, 1.82) is 0 Å². The molecular weight excluding hydrogens is 556 g/mol. The van der Waals surface area contributed by atoms with Gasteiger partial charge in [0.2, 0.25) is 21.9 Å². The van der Waals surface area contributed by atoms with Crippen molar-refractivity contribution in [2.45, 2.75) is 31.2 Å². The molecule has 0 saturated heterocycles. The molecule has 3 aromatic heterocycles. The predicted molar refractivity (Wildman–Crippen MR) is 139 cm³/mol. The molecule has 15 heteroatoms. The highest BCUT2D eigenvalue weighted by Gasteiger charge is 2.35. The van der Waals surface area contributed by atoms with E-state index in [1.165, 1.54) is 38.1 Å². The third-order valence-electron chi connectivity index (χ3n) is 5.91. The summed E-state index contributed by atoms with van der Waals surface area (Å²) in [6.07, 6.45) is 1.59. The lowest BCUT2D eigenvalue weighted by atomic mass is 10.1. The molecule has 3 atom stereocenters. The average Bonchev–Trinajstić information content (AvgIpc) is 3.31. The fourth-order valence-corrected chi connectivity index (χ4v) is 5.12. The van der Waals surface area contributed by atoms with Crippen molar-refractivity contribution in [2.24, 2.45) is 0 Å². The van der Waals surface area contributed by atoms with Gasteiger partial charge in [0.1, 0.15) is 28.7 Å². The fraction of sp³-hybridized carbons (Fsp3) is 0.292. The van der Waals surface area contributed by atoms with E-state index >= 15 is 0 Å². The average molecular weight is 580 g/mol. The fourth-order valence-electron chi connectivity index (χ4n) is 3.88. The summed E-state index contributed by atoms with van der Waals surface area (Å²) in [6, 6.07) is 7.06. The maximum atomic E-state index is 14.1. The van der Waals surface area contributed by atoms with Gasteiger partial charge in [-0.1, -0.05) is 17.7 Å². The van der Waals surface area contributed by atoms with Crippen LogP contribution in [0.25, 0.3) is 11.5 Å². The zero-order valence-electron chi connectivity index (χ0n) is 21.2. The van der Waals surface area contributed by atoms with Gasteiger partial charge in [-0.2, -0.15) is 0 Å². The summed E-state index contributed by atoms with van der Waals surface area (Å²) in [5.74, 6) is -1.31. The van der Waals surface area contributed by atoms with Crippen LogP contribution in [0, 0.1) is 11.6 Å². The summed E-state index contributed by atoms with van der Waals surface area (Å²) < 4.78 is 69.6. The Morgan fingerprint density at radius 2 is 1.69 bits per heavy atom. The number of halogens is 3. The molecule has 0 radical (unpaired) electrons. The topological polar surface area (TPSA) is 134 Å². The molecule has 0 saturated carbocycles. The Bertz CT molecular complexity index is 1550. The van der Waals surface area contributed by atoms with E-state index in [9.17, 15) is 17.2 Å². The van der Waals surface area contributed by atoms with Gasteiger partial charge in [0.15, 0.2) is 11.6 Å². The van der Waals surface area contributed by atoms with Crippen LogP contribution in [-0.2, 0) is 14.8 Å². The number of rotatable bonds is 10. The van der Waals surface area contributed by atoms with Gasteiger partial charge in [0.25, 0.3) is 0 Å². The number of sulfonamides is 1. The molecule has 39 heavy (non-hydrogen) atoms. The van der Waals surface area contributed by atoms with E-state index in [4.69, 9.17) is 21.1 Å². The predicted octanol–water partition coefficient (Wildman–Crippen LogP) is 4.20. The highest BCUT2D eigenvalue weighted by molar-refractivity contribution is 7.93. The molecule has 0 aliphatic heterocycles. The normalized spacial score (nSPS) is 14.0. The van der Waals surface area contributed by atoms with Crippen LogP contribution in [0.5, 0.6) is 5.88 Å². The summed E-state index contributed by atoms with van der Waals surface area (Å²) >= 11 is 5.85. The smallest absolute Gasteiger partial charge is 0.240 e. The Morgan fingerprint density at radius 3 is 2.31 bits per heavy atom. The molecule has 206 valence electrons. The SMILES string of the molecule is COc1cccc(-c2nnc(NS(=O)(=O)C(C)C(OC)c3ncc(Cl)cn3)n2C(C)c2cc(F)cc(F)c2)n1. The number of nitrogens with one attached hydrogen (secondary N) is 1. The molecule has 1 aromatic carbocycles. The van der Waals surface area contributed by atoms with Crippen molar-refractivity contribution in [3.8, 4) is 17.4 Å². The number of nitrogens with zero attached hydrogens (tertiary/aromatic N) is 6. The minimum absolute atomic E-state index is 0.103. The van der Waals surface area contributed by atoms with Gasteiger partial charge in [-0.3, -0.25) is 9.29 Å². The lowest BCUT2D eigenvalue weighted by Gasteiger charge is -2.23. The first kappa shape index (κ1) is 28.3. The van der Waals surface area contributed by atoms with Crippen molar-refractivity contribution < 1.29 is 26.7 Å². The second kappa shape index (κ2) is 11.6. The lowest BCUT2D eigenvalue weighted by Crippen LogP contribution is -2.33. The van der Waals surface area contributed by atoms with E-state index in [2.05, 4.69) is 29.9 Å². The van der Waals surface area contributed by atoms with Gasteiger partial charge in [-0.15, -0.1) is 10.2 Å². The van der Waals surface area contributed by atoms with E-state index in [1.807, 2.05) is 0 Å². The van der Waals surface area contributed by atoms with Gasteiger partial charge in [-0.05, 0) is 37.6 Å². The zero-order chi connectivity index (χ0) is 28.3. The van der Waals surface area contributed by atoms with Crippen LogP contribution < -0.4 is 9.46 Å². The Balaban J connectivity index is 1.78. The first-order valence-electron chi connectivity index (χ1n) is 11.5. The molecule has 0 fully saturated rings. The number of anilines is 1. The van der Waals surface area contributed by atoms with E-state index in [0.717, 1.165) is 18.2 Å². The third-order valence-corrected chi connectivity index (χ3v) is 7.80. The van der Waals surface area contributed by atoms with Gasteiger partial charge in [0, 0.05) is 31.6 Å². The Morgan fingerprint density at radius 1 is 1.03 bits per heavy atom. The van der Waals surface area contributed by atoms with Crippen LogP contribution in [0.4, 0.5) is 14.7 Å². The molecular formula is C24H24ClF2N7O4S. The standard InChI is InChI=1S/C24H24ClF2N7O4S/c1-13(15-8-17(26)10-18(27)9-15)34-23(19-6-5-7-20(30-19)37-3)31-32-24(34)33-39(35,36)14(2)21(38-4)22-28-11-16(25)12-29-22/h5-14,21H,1-4H3,(H,32,33). The number of hydrogen-bond acceptors (Lipinski definition) is 9. The maximum absolute atomic E-state index is 14.1. The van der Waals surface area contributed by atoms with Gasteiger partial charge < -0.3 is 9.47 Å². The summed E-state index contributed by atoms with van der Waals surface area (Å²) in [5.41, 5.74) is 0.489. The molecule has 0 amide bonds. The second-order valence-electron chi connectivity index (χ2n) is 8.43. The molecule has 3 heterocycles. The van der Waals surface area contributed by atoms with Crippen LogP contribution in [-0.4, -0.2) is 57.6 Å². The zero-order valence-corrected chi connectivity index (χ0v) is 22.8. The first-order chi connectivity index (χ1) is 18.5. The molecule has 11 nitrogen and oxygen atoms in total. The molecule has 0 spiro atoms. The van der Waals surface area contributed by atoms with Crippen molar-refractivity contribution in [2.75, 3.05) is 18.9 Å². The number of hydrogen-bond donors (Lipinski definition) is 1. The Hall–Kier alpha value is -3.75. The van der Waals surface area contributed by atoms with Crippen LogP contribution in [0.15, 0.2) is 48.8 Å². The van der Waals surface area contributed by atoms with Gasteiger partial charge in [-0.25, -0.2) is 32.2 Å². The number of pyridine rings is 1. The van der Waals surface area contributed by atoms with Gasteiger partial charge in [0.05, 0.1) is 18.2 Å². The molecule has 0 bridgehead atoms. The largest absolute Gasteiger partial charge is 0.481 e. The molecule has 3 unspecified atom stereocenters. The van der Waals surface area contributed by atoms with E-state index < -0.39 is 39.1 Å². The summed E-state index contributed by atoms with van der Waals surface area (Å²) in [6.45, 7) is 3.02. The maximum Gasteiger partial charge on any atom is 0.240 e. The van der Waals surface area contributed by atoms with Gasteiger partial charge >= 0.3 is 0 Å². The molecule has 4 rings (SSSR count). The van der Waals surface area contributed by atoms with E-state index in [1.54, 1.807) is 25.1 Å². The van der Waals surface area contributed by atoms with Crippen molar-refractivity contribution in [3.63, 3.8) is 0 Å². The number of methoxy groups -OCH3 is 2. The lowest BCUT2D eigenvalue weighted by molar-refractivity contribution is 0.0950. The monoisotopic (exact) mass is 579 g/mol. The summed E-state index contributed by atoms with van der Waals surface area (Å²) in [5, 5.41) is 7.24. The number of ether oxygens (including phenoxy) is 2. The number of aromatic nitrogens is 6. The van der Waals surface area contributed by atoms with Crippen LogP contribution >= 0.6 is 11.6 Å². The summed E-state index contributed by atoms with van der Waals surface area (Å²) in [4.78, 5) is 12.5. The minimum atomic E-state index is -4.22. The van der Waals surface area contributed by atoms with Crippen LogP contribution in [0.1, 0.15) is 37.4 Å². The highest BCUT2D eigenvalue weighted by Crippen LogP contribution is 2.31. The number of benzene rings is 1. The van der Waals surface area contributed by atoms with Crippen LogP contribution in [0.2, 0.25) is 5.02 Å². The van der Waals surface area contributed by atoms with E-state index in [0.29, 0.717) is 0 Å². The third kappa shape index (κ3) is 6.13. The summed E-state index contributed by atoms with van der Waals surface area (Å²) in [7, 11) is -1.46. The molecule has 0 aliphatic rings. The molecule has 1 N–H and O–H groups in total. The second-order valence-corrected chi connectivity index (χ2v) is 10.9. The quantitative estimate of drug-likeness (QED) is 0.293. The Labute approximate surface area is 228 Å². The Kier molecular flexibility index (Phi) is 8.37. The van der Waals surface area contributed by atoms with Crippen LogP contribution in [0.3, 0.4) is 0 Å².